The molecule has 2 saturated carbocycles. The van der Waals surface area contributed by atoms with E-state index in [2.05, 4.69) is 46.8 Å². The molecule has 122 valence electrons. The molecule has 0 aliphatic heterocycles. The first-order valence-electron chi connectivity index (χ1n) is 8.70. The van der Waals surface area contributed by atoms with Crippen molar-refractivity contribution in [1.82, 2.24) is 0 Å². The lowest BCUT2D eigenvalue weighted by atomic mass is 9.51. The van der Waals surface area contributed by atoms with E-state index >= 15 is 0 Å². The summed E-state index contributed by atoms with van der Waals surface area (Å²) in [6, 6.07) is 0. The number of rotatable bonds is 1. The second kappa shape index (κ2) is 5.26. The third-order valence-electron chi connectivity index (χ3n) is 6.47. The van der Waals surface area contributed by atoms with Crippen molar-refractivity contribution in [1.29, 1.82) is 0 Å². The van der Waals surface area contributed by atoms with Crippen LogP contribution in [0.25, 0.3) is 0 Å². The van der Waals surface area contributed by atoms with Gasteiger partial charge in [-0.15, -0.1) is 0 Å². The van der Waals surface area contributed by atoms with Crippen LogP contribution in [-0.2, 0) is 0 Å². The lowest BCUT2D eigenvalue weighted by Crippen LogP contribution is -2.52. The first-order valence-corrected chi connectivity index (χ1v) is 8.70. The summed E-state index contributed by atoms with van der Waals surface area (Å²) in [5.74, 6) is 2.14. The number of hydrogen-bond acceptors (Lipinski definition) is 2. The Kier molecular flexibility index (Phi) is 3.79. The monoisotopic (exact) mass is 302 g/mol. The Balaban J connectivity index is 2.18. The second-order valence-electron chi connectivity index (χ2n) is 8.27. The Morgan fingerprint density at radius 2 is 1.95 bits per heavy atom. The van der Waals surface area contributed by atoms with Gasteiger partial charge in [-0.1, -0.05) is 37.1 Å². The van der Waals surface area contributed by atoms with Gasteiger partial charge in [-0.2, -0.15) is 0 Å². The second-order valence-corrected chi connectivity index (χ2v) is 8.27. The normalized spacial score (nSPS) is 47.2. The highest BCUT2D eigenvalue weighted by Gasteiger charge is 2.62. The van der Waals surface area contributed by atoms with E-state index in [4.69, 9.17) is 0 Å². The summed E-state index contributed by atoms with van der Waals surface area (Å²) < 4.78 is 0. The molecular weight excluding hydrogens is 272 g/mol. The predicted molar refractivity (Wildman–Crippen MR) is 90.4 cm³/mol. The third kappa shape index (κ3) is 2.11. The highest BCUT2D eigenvalue weighted by atomic mass is 16.3. The maximum absolute atomic E-state index is 10.7. The average Bonchev–Trinajstić information content (AvgIpc) is 2.62. The van der Waals surface area contributed by atoms with Gasteiger partial charge in [0.15, 0.2) is 0 Å². The van der Waals surface area contributed by atoms with Gasteiger partial charge in [-0.05, 0) is 63.4 Å². The van der Waals surface area contributed by atoms with Gasteiger partial charge in [-0.3, -0.25) is 0 Å². The fraction of sp³-hybridized carbons (Fsp3) is 0.700. The highest BCUT2D eigenvalue weighted by molar-refractivity contribution is 5.37. The molecule has 0 bridgehead atoms. The zero-order valence-corrected chi connectivity index (χ0v) is 14.5. The van der Waals surface area contributed by atoms with Gasteiger partial charge < -0.3 is 10.2 Å². The average molecular weight is 302 g/mol. The maximum Gasteiger partial charge on any atom is 0.0968 e. The summed E-state index contributed by atoms with van der Waals surface area (Å²) >= 11 is 0. The summed E-state index contributed by atoms with van der Waals surface area (Å²) in [5, 5.41) is 21.3. The summed E-state index contributed by atoms with van der Waals surface area (Å²) in [7, 11) is 0. The number of aliphatic hydroxyl groups excluding tert-OH is 2. The summed E-state index contributed by atoms with van der Waals surface area (Å²) in [4.78, 5) is 0. The van der Waals surface area contributed by atoms with Crippen molar-refractivity contribution >= 4 is 0 Å². The van der Waals surface area contributed by atoms with Gasteiger partial charge >= 0.3 is 0 Å². The fourth-order valence-corrected chi connectivity index (χ4v) is 5.79. The van der Waals surface area contributed by atoms with E-state index in [1.807, 2.05) is 6.08 Å². The summed E-state index contributed by atoms with van der Waals surface area (Å²) in [6.45, 7) is 10.9. The molecule has 7 atom stereocenters. The van der Waals surface area contributed by atoms with Crippen LogP contribution in [0.2, 0.25) is 0 Å². The Bertz CT molecular complexity index is 552. The molecule has 3 rings (SSSR count). The smallest absolute Gasteiger partial charge is 0.0968 e. The standard InChI is InChI=1S/C20H30O2/c1-11(2)6-15-8-13(4)16-9-17(21)14(5)19-18(22)7-12(3)10-20(15,16)19/h6-7,10,13-17,19,21-22H,8-9H2,1-5H3. The van der Waals surface area contributed by atoms with Gasteiger partial charge in [0.05, 0.1) is 11.9 Å². The Hall–Kier alpha value is -1.02. The van der Waals surface area contributed by atoms with Crippen molar-refractivity contribution in [2.45, 2.75) is 53.6 Å². The molecule has 0 radical (unpaired) electrons. The highest BCUT2D eigenvalue weighted by Crippen LogP contribution is 2.66. The molecule has 0 aromatic rings. The molecule has 0 aromatic carbocycles. The van der Waals surface area contributed by atoms with Crippen LogP contribution in [0.5, 0.6) is 0 Å². The Labute approximate surface area is 134 Å². The maximum atomic E-state index is 10.7. The fourth-order valence-electron chi connectivity index (χ4n) is 5.79. The molecule has 7 unspecified atom stereocenters. The molecule has 3 aliphatic carbocycles. The van der Waals surface area contributed by atoms with Crippen LogP contribution < -0.4 is 0 Å². The minimum Gasteiger partial charge on any atom is -0.512 e. The number of allylic oxidation sites excluding steroid dienone is 6. The predicted octanol–water partition coefficient (Wildman–Crippen LogP) is 4.63. The van der Waals surface area contributed by atoms with Gasteiger partial charge in [0.25, 0.3) is 0 Å². The van der Waals surface area contributed by atoms with E-state index < -0.39 is 0 Å². The Morgan fingerprint density at radius 1 is 1.27 bits per heavy atom. The molecule has 2 N–H and O–H groups in total. The number of hydrogen-bond donors (Lipinski definition) is 2. The van der Waals surface area contributed by atoms with Crippen LogP contribution in [0.4, 0.5) is 0 Å². The minimum atomic E-state index is -0.307. The van der Waals surface area contributed by atoms with E-state index in [9.17, 15) is 10.2 Å². The summed E-state index contributed by atoms with van der Waals surface area (Å²) in [6.07, 6.45) is 8.46. The van der Waals surface area contributed by atoms with Crippen LogP contribution in [0.15, 0.2) is 35.1 Å². The molecule has 1 spiro atoms. The SMILES string of the molecule is CC(C)=CC1CC(C)C2CC(O)C(C)C3C(O)=CC(C)=CC123. The molecule has 2 fully saturated rings. The molecule has 0 amide bonds. The first-order chi connectivity index (χ1) is 10.3. The van der Waals surface area contributed by atoms with Crippen LogP contribution in [0.1, 0.15) is 47.5 Å². The van der Waals surface area contributed by atoms with Gasteiger partial charge in [0.2, 0.25) is 0 Å². The lowest BCUT2D eigenvalue weighted by Gasteiger charge is -2.54. The molecule has 22 heavy (non-hydrogen) atoms. The zero-order chi connectivity index (χ0) is 16.2. The van der Waals surface area contributed by atoms with Gasteiger partial charge in [0, 0.05) is 11.3 Å². The van der Waals surface area contributed by atoms with Gasteiger partial charge in [-0.25, -0.2) is 0 Å². The quantitative estimate of drug-likeness (QED) is 0.693. The summed E-state index contributed by atoms with van der Waals surface area (Å²) in [5.41, 5.74) is 2.51. The third-order valence-corrected chi connectivity index (χ3v) is 6.47. The van der Waals surface area contributed by atoms with Crippen molar-refractivity contribution in [3.63, 3.8) is 0 Å². The first kappa shape index (κ1) is 15.9. The van der Waals surface area contributed by atoms with Crippen molar-refractivity contribution < 1.29 is 10.2 Å². The zero-order valence-electron chi connectivity index (χ0n) is 14.5. The molecule has 2 nitrogen and oxygen atoms in total. The Morgan fingerprint density at radius 3 is 2.59 bits per heavy atom. The van der Waals surface area contributed by atoms with Crippen molar-refractivity contribution in [2.24, 2.45) is 35.0 Å². The van der Waals surface area contributed by atoms with Crippen LogP contribution in [0, 0.1) is 35.0 Å². The van der Waals surface area contributed by atoms with Crippen LogP contribution in [0.3, 0.4) is 0 Å². The van der Waals surface area contributed by atoms with E-state index in [1.54, 1.807) is 0 Å². The van der Waals surface area contributed by atoms with Crippen LogP contribution >= 0.6 is 0 Å². The van der Waals surface area contributed by atoms with Crippen molar-refractivity contribution in [3.8, 4) is 0 Å². The lowest BCUT2D eigenvalue weighted by molar-refractivity contribution is -0.0648. The molecule has 0 heterocycles. The van der Waals surface area contributed by atoms with Crippen molar-refractivity contribution in [2.75, 3.05) is 0 Å². The molecule has 0 aromatic heterocycles. The van der Waals surface area contributed by atoms with E-state index in [-0.39, 0.29) is 23.4 Å². The largest absolute Gasteiger partial charge is 0.512 e. The number of aliphatic hydroxyl groups is 2. The van der Waals surface area contributed by atoms with E-state index in [0.717, 1.165) is 12.8 Å². The minimum absolute atomic E-state index is 0.0156. The molecule has 0 saturated heterocycles. The van der Waals surface area contributed by atoms with Gasteiger partial charge in [0.1, 0.15) is 0 Å². The molecule has 2 heteroatoms. The van der Waals surface area contributed by atoms with E-state index in [1.165, 1.54) is 11.1 Å². The van der Waals surface area contributed by atoms with E-state index in [0.29, 0.717) is 23.5 Å². The van der Waals surface area contributed by atoms with Crippen LogP contribution in [-0.4, -0.2) is 16.3 Å². The van der Waals surface area contributed by atoms with Crippen molar-refractivity contribution in [3.05, 3.63) is 35.1 Å². The molecule has 3 aliphatic rings. The topological polar surface area (TPSA) is 40.5 Å². The molecular formula is C20H30O2.